The molecule has 4 rings (SSSR count). The van der Waals surface area contributed by atoms with Crippen LogP contribution in [0.3, 0.4) is 0 Å². The van der Waals surface area contributed by atoms with Crippen LogP contribution in [0, 0.1) is 11.8 Å². The van der Waals surface area contributed by atoms with Crippen LogP contribution in [0.25, 0.3) is 0 Å². The van der Waals surface area contributed by atoms with Gasteiger partial charge >= 0.3 is 0 Å². The predicted octanol–water partition coefficient (Wildman–Crippen LogP) is 8.08. The lowest BCUT2D eigenvalue weighted by atomic mass is 9.98. The maximum Gasteiger partial charge on any atom is 0.0716 e. The summed E-state index contributed by atoms with van der Waals surface area (Å²) in [6.45, 7) is 4.98. The van der Waals surface area contributed by atoms with Gasteiger partial charge in [0, 0.05) is 26.4 Å². The van der Waals surface area contributed by atoms with Gasteiger partial charge in [-0.05, 0) is 98.7 Å². The quantitative estimate of drug-likeness (QED) is 0.155. The first-order valence-electron chi connectivity index (χ1n) is 15.4. The summed E-state index contributed by atoms with van der Waals surface area (Å²) >= 11 is 2.15. The SMILES string of the molecule is c1ccc(COCCC(CCC2CCCO2)CSCC(CCOCc2ccccc2)CCC2CCCO2)cc1. The molecule has 4 atom stereocenters. The fourth-order valence-electron chi connectivity index (χ4n) is 5.64. The van der Waals surface area contributed by atoms with Crippen LogP contribution < -0.4 is 0 Å². The summed E-state index contributed by atoms with van der Waals surface area (Å²) in [6, 6.07) is 21.0. The molecule has 39 heavy (non-hydrogen) atoms. The summed E-state index contributed by atoms with van der Waals surface area (Å²) in [5.74, 6) is 3.79. The van der Waals surface area contributed by atoms with Gasteiger partial charge in [0.15, 0.2) is 0 Å². The Morgan fingerprint density at radius 1 is 0.641 bits per heavy atom. The van der Waals surface area contributed by atoms with Crippen molar-refractivity contribution in [3.8, 4) is 0 Å². The molecule has 0 spiro atoms. The molecule has 0 saturated carbocycles. The van der Waals surface area contributed by atoms with E-state index in [1.54, 1.807) is 0 Å². The summed E-state index contributed by atoms with van der Waals surface area (Å²) in [6.07, 6.45) is 13.0. The molecule has 0 amide bonds. The molecule has 2 aromatic rings. The lowest BCUT2D eigenvalue weighted by Crippen LogP contribution is -2.16. The van der Waals surface area contributed by atoms with Gasteiger partial charge in [-0.1, -0.05) is 60.7 Å². The van der Waals surface area contributed by atoms with Crippen LogP contribution in [0.5, 0.6) is 0 Å². The van der Waals surface area contributed by atoms with Crippen LogP contribution in [0.4, 0.5) is 0 Å². The Bertz CT molecular complexity index is 781. The van der Waals surface area contributed by atoms with E-state index in [9.17, 15) is 0 Å². The Hall–Kier alpha value is -1.37. The van der Waals surface area contributed by atoms with Crippen LogP contribution in [-0.2, 0) is 32.2 Å². The number of thioether (sulfide) groups is 1. The molecule has 2 fully saturated rings. The lowest BCUT2D eigenvalue weighted by Gasteiger charge is -2.22. The van der Waals surface area contributed by atoms with E-state index in [1.165, 1.54) is 74.0 Å². The topological polar surface area (TPSA) is 36.9 Å². The van der Waals surface area contributed by atoms with E-state index < -0.39 is 0 Å². The Balaban J connectivity index is 1.19. The summed E-state index contributed by atoms with van der Waals surface area (Å²) in [7, 11) is 0. The molecule has 0 N–H and O–H groups in total. The largest absolute Gasteiger partial charge is 0.378 e. The van der Waals surface area contributed by atoms with E-state index in [0.717, 1.165) is 39.3 Å². The maximum absolute atomic E-state index is 6.08. The highest BCUT2D eigenvalue weighted by atomic mass is 32.2. The number of rotatable bonds is 20. The van der Waals surface area contributed by atoms with Crippen molar-refractivity contribution in [3.63, 3.8) is 0 Å². The Kier molecular flexibility index (Phi) is 14.8. The van der Waals surface area contributed by atoms with Gasteiger partial charge < -0.3 is 18.9 Å². The summed E-state index contributed by atoms with van der Waals surface area (Å²) in [5.41, 5.74) is 2.51. The second-order valence-electron chi connectivity index (χ2n) is 11.3. The first-order valence-corrected chi connectivity index (χ1v) is 16.5. The molecule has 4 nitrogen and oxygen atoms in total. The third-order valence-corrected chi connectivity index (χ3v) is 9.53. The molecule has 0 aliphatic carbocycles. The zero-order valence-corrected chi connectivity index (χ0v) is 24.7. The molecule has 0 aromatic heterocycles. The minimum atomic E-state index is 0.476. The van der Waals surface area contributed by atoms with Crippen molar-refractivity contribution in [1.29, 1.82) is 0 Å². The van der Waals surface area contributed by atoms with Gasteiger partial charge in [0.25, 0.3) is 0 Å². The molecule has 0 radical (unpaired) electrons. The smallest absolute Gasteiger partial charge is 0.0716 e. The Morgan fingerprint density at radius 2 is 1.10 bits per heavy atom. The average Bonchev–Trinajstić information content (AvgIpc) is 3.70. The minimum absolute atomic E-state index is 0.476. The normalized spacial score (nSPS) is 20.8. The highest BCUT2D eigenvalue weighted by Gasteiger charge is 2.21. The predicted molar refractivity (Wildman–Crippen MR) is 162 cm³/mol. The van der Waals surface area contributed by atoms with E-state index in [0.29, 0.717) is 37.3 Å². The van der Waals surface area contributed by atoms with Crippen LogP contribution in [-0.4, -0.2) is 50.1 Å². The van der Waals surface area contributed by atoms with Crippen LogP contribution in [0.15, 0.2) is 60.7 Å². The van der Waals surface area contributed by atoms with Crippen LogP contribution in [0.2, 0.25) is 0 Å². The first-order chi connectivity index (χ1) is 19.3. The highest BCUT2D eigenvalue weighted by Crippen LogP contribution is 2.28. The minimum Gasteiger partial charge on any atom is -0.378 e. The fraction of sp³-hybridized carbons (Fsp3) is 0.647. The van der Waals surface area contributed by atoms with E-state index in [1.807, 2.05) is 0 Å². The second-order valence-corrected chi connectivity index (χ2v) is 12.4. The third kappa shape index (κ3) is 12.8. The van der Waals surface area contributed by atoms with Crippen molar-refractivity contribution in [2.45, 2.75) is 89.6 Å². The molecule has 0 bridgehead atoms. The summed E-state index contributed by atoms with van der Waals surface area (Å²) in [4.78, 5) is 0. The molecule has 2 saturated heterocycles. The van der Waals surface area contributed by atoms with Crippen molar-refractivity contribution >= 4 is 11.8 Å². The second kappa shape index (κ2) is 18.9. The van der Waals surface area contributed by atoms with E-state index in [4.69, 9.17) is 18.9 Å². The first kappa shape index (κ1) is 30.6. The standard InChI is InChI=1S/C34H50O4S/c1-3-9-29(10-4-1)25-35-23-19-31(15-17-33-13-7-21-37-33)27-39-28-32(16-18-34-14-8-22-38-34)20-24-36-26-30-11-5-2-6-12-30/h1-6,9-12,31-34H,7-8,13-28H2. The van der Waals surface area contributed by atoms with Crippen molar-refractivity contribution < 1.29 is 18.9 Å². The molecule has 2 aromatic carbocycles. The molecule has 4 unspecified atom stereocenters. The molecule has 216 valence electrons. The summed E-state index contributed by atoms with van der Waals surface area (Å²) in [5, 5.41) is 0. The zero-order chi connectivity index (χ0) is 26.8. The van der Waals surface area contributed by atoms with Crippen molar-refractivity contribution in [2.24, 2.45) is 11.8 Å². The Morgan fingerprint density at radius 3 is 1.51 bits per heavy atom. The van der Waals surface area contributed by atoms with Gasteiger partial charge in [-0.15, -0.1) is 0 Å². The van der Waals surface area contributed by atoms with Crippen molar-refractivity contribution in [1.82, 2.24) is 0 Å². The number of benzene rings is 2. The third-order valence-electron chi connectivity index (χ3n) is 8.11. The van der Waals surface area contributed by atoms with Gasteiger partial charge in [0.05, 0.1) is 25.4 Å². The van der Waals surface area contributed by atoms with E-state index in [2.05, 4.69) is 72.4 Å². The van der Waals surface area contributed by atoms with E-state index in [-0.39, 0.29) is 0 Å². The van der Waals surface area contributed by atoms with E-state index >= 15 is 0 Å². The highest BCUT2D eigenvalue weighted by molar-refractivity contribution is 7.99. The van der Waals surface area contributed by atoms with Crippen LogP contribution >= 0.6 is 11.8 Å². The zero-order valence-electron chi connectivity index (χ0n) is 23.9. The molecule has 2 aliphatic heterocycles. The molecule has 2 aliphatic rings. The van der Waals surface area contributed by atoms with Crippen molar-refractivity contribution in [2.75, 3.05) is 37.9 Å². The van der Waals surface area contributed by atoms with Gasteiger partial charge in [0.1, 0.15) is 0 Å². The lowest BCUT2D eigenvalue weighted by molar-refractivity contribution is 0.0885. The number of hydrogen-bond donors (Lipinski definition) is 0. The van der Waals surface area contributed by atoms with Crippen LogP contribution in [0.1, 0.15) is 75.3 Å². The Labute approximate surface area is 241 Å². The molecular weight excluding hydrogens is 504 g/mol. The molecular formula is C34H50O4S. The fourth-order valence-corrected chi connectivity index (χ4v) is 7.11. The monoisotopic (exact) mass is 554 g/mol. The van der Waals surface area contributed by atoms with Gasteiger partial charge in [0.2, 0.25) is 0 Å². The number of hydrogen-bond acceptors (Lipinski definition) is 5. The number of ether oxygens (including phenoxy) is 4. The van der Waals surface area contributed by atoms with Gasteiger partial charge in [-0.2, -0.15) is 11.8 Å². The maximum atomic E-state index is 6.08. The average molecular weight is 555 g/mol. The molecule has 5 heteroatoms. The molecule has 2 heterocycles. The van der Waals surface area contributed by atoms with Crippen molar-refractivity contribution in [3.05, 3.63) is 71.8 Å². The van der Waals surface area contributed by atoms with Gasteiger partial charge in [-0.25, -0.2) is 0 Å². The van der Waals surface area contributed by atoms with Gasteiger partial charge in [-0.3, -0.25) is 0 Å². The summed E-state index contributed by atoms with van der Waals surface area (Å²) < 4.78 is 24.0.